The largest absolute Gasteiger partial charge is 0.481 e. The summed E-state index contributed by atoms with van der Waals surface area (Å²) in [6.45, 7) is 0.753. The zero-order valence-electron chi connectivity index (χ0n) is 17.6. The third-order valence-electron chi connectivity index (χ3n) is 4.07. The van der Waals surface area contributed by atoms with Gasteiger partial charge in [-0.2, -0.15) is 0 Å². The number of rotatable bonds is 15. The number of aliphatic imine (C=N–C) groups is 1. The maximum absolute atomic E-state index is 12.4. The number of nitrogens with two attached hydrogens (primary N) is 3. The van der Waals surface area contributed by atoms with Gasteiger partial charge in [0.25, 0.3) is 0 Å². The molecule has 15 heteroatoms. The molecule has 0 bridgehead atoms. The predicted octanol–water partition coefficient (Wildman–Crippen LogP) is -4.22. The molecule has 182 valence electrons. The number of aliphatic carboxylic acids is 2. The summed E-state index contributed by atoms with van der Waals surface area (Å²) in [4.78, 5) is 61.8. The van der Waals surface area contributed by atoms with E-state index < -0.39 is 60.4 Å². The van der Waals surface area contributed by atoms with E-state index in [1.807, 2.05) is 0 Å². The molecule has 15 nitrogen and oxygen atoms in total. The highest BCUT2D eigenvalue weighted by atomic mass is 16.4. The number of nitrogens with one attached hydrogen (secondary N) is 3. The van der Waals surface area contributed by atoms with Crippen molar-refractivity contribution in [3.63, 3.8) is 0 Å². The molecule has 0 fully saturated rings. The summed E-state index contributed by atoms with van der Waals surface area (Å²) < 4.78 is 0. The molecule has 0 aromatic rings. The van der Waals surface area contributed by atoms with Gasteiger partial charge in [0.1, 0.15) is 12.1 Å². The molecule has 12 N–H and O–H groups in total. The highest BCUT2D eigenvalue weighted by Crippen LogP contribution is 2.02. The van der Waals surface area contributed by atoms with Gasteiger partial charge in [-0.15, -0.1) is 0 Å². The number of nitrogens with zero attached hydrogens (tertiary/aromatic N) is 1. The molecule has 0 radical (unpaired) electrons. The highest BCUT2D eigenvalue weighted by molar-refractivity contribution is 5.92. The molecule has 4 unspecified atom stereocenters. The van der Waals surface area contributed by atoms with Gasteiger partial charge in [0.05, 0.1) is 18.7 Å². The van der Waals surface area contributed by atoms with Crippen LogP contribution in [0.1, 0.15) is 32.6 Å². The minimum Gasteiger partial charge on any atom is -0.481 e. The molecular formula is C17H31N7O8. The molecule has 4 atom stereocenters. The molecule has 0 saturated heterocycles. The van der Waals surface area contributed by atoms with Crippen LogP contribution in [0, 0.1) is 0 Å². The number of aliphatic hydroxyl groups is 1. The molecule has 0 aliphatic rings. The number of hydrogen-bond donors (Lipinski definition) is 9. The second-order valence-corrected chi connectivity index (χ2v) is 6.89. The highest BCUT2D eigenvalue weighted by Gasteiger charge is 2.29. The van der Waals surface area contributed by atoms with E-state index in [1.165, 1.54) is 6.92 Å². The van der Waals surface area contributed by atoms with Gasteiger partial charge in [-0.25, -0.2) is 4.79 Å². The molecule has 0 aliphatic heterocycles. The quantitative estimate of drug-likeness (QED) is 0.0640. The van der Waals surface area contributed by atoms with Crippen molar-refractivity contribution in [1.29, 1.82) is 0 Å². The molecule has 0 saturated carbocycles. The van der Waals surface area contributed by atoms with Crippen molar-refractivity contribution in [3.05, 3.63) is 0 Å². The van der Waals surface area contributed by atoms with Crippen LogP contribution < -0.4 is 33.2 Å². The lowest BCUT2D eigenvalue weighted by Gasteiger charge is -2.23. The Hall–Kier alpha value is -3.46. The zero-order valence-corrected chi connectivity index (χ0v) is 17.6. The van der Waals surface area contributed by atoms with E-state index >= 15 is 0 Å². The lowest BCUT2D eigenvalue weighted by Crippen LogP contribution is -2.57. The van der Waals surface area contributed by atoms with Crippen molar-refractivity contribution in [3.8, 4) is 0 Å². The average Bonchev–Trinajstić information content (AvgIpc) is 2.69. The van der Waals surface area contributed by atoms with E-state index in [9.17, 15) is 34.2 Å². The Balaban J connectivity index is 4.78. The van der Waals surface area contributed by atoms with Crippen LogP contribution >= 0.6 is 0 Å². The molecule has 0 aromatic heterocycles. The summed E-state index contributed by atoms with van der Waals surface area (Å²) in [7, 11) is 0. The summed E-state index contributed by atoms with van der Waals surface area (Å²) in [5, 5.41) is 34.2. The van der Waals surface area contributed by atoms with Crippen LogP contribution in [0.3, 0.4) is 0 Å². The van der Waals surface area contributed by atoms with E-state index in [2.05, 4.69) is 20.9 Å². The van der Waals surface area contributed by atoms with Gasteiger partial charge in [0.2, 0.25) is 17.7 Å². The molecule has 0 heterocycles. The van der Waals surface area contributed by atoms with E-state index in [-0.39, 0.29) is 38.2 Å². The van der Waals surface area contributed by atoms with Crippen molar-refractivity contribution >= 4 is 35.6 Å². The summed E-state index contributed by atoms with van der Waals surface area (Å²) in [6.07, 6.45) is -1.62. The number of carbonyl (C=O) groups is 5. The van der Waals surface area contributed by atoms with Gasteiger partial charge in [0, 0.05) is 13.0 Å². The maximum atomic E-state index is 12.4. The maximum Gasteiger partial charge on any atom is 0.326 e. The van der Waals surface area contributed by atoms with Crippen LogP contribution in [0.5, 0.6) is 0 Å². The Bertz CT molecular complexity index is 709. The Labute approximate surface area is 183 Å². The first-order valence-electron chi connectivity index (χ1n) is 9.66. The van der Waals surface area contributed by atoms with E-state index in [0.29, 0.717) is 0 Å². The van der Waals surface area contributed by atoms with E-state index in [1.54, 1.807) is 0 Å². The zero-order chi connectivity index (χ0) is 24.8. The number of carboxylic acids is 2. The molecule has 3 amide bonds. The number of amides is 3. The van der Waals surface area contributed by atoms with E-state index in [4.69, 9.17) is 22.3 Å². The molecule has 32 heavy (non-hydrogen) atoms. The Morgan fingerprint density at radius 3 is 2.12 bits per heavy atom. The van der Waals surface area contributed by atoms with Crippen LogP contribution in [0.25, 0.3) is 0 Å². The first-order valence-corrected chi connectivity index (χ1v) is 9.66. The predicted molar refractivity (Wildman–Crippen MR) is 111 cm³/mol. The average molecular weight is 461 g/mol. The fourth-order valence-electron chi connectivity index (χ4n) is 2.36. The number of carboxylic acid groups (broad SMARTS) is 2. The van der Waals surface area contributed by atoms with Gasteiger partial charge in [-0.3, -0.25) is 24.2 Å². The van der Waals surface area contributed by atoms with Crippen molar-refractivity contribution in [1.82, 2.24) is 16.0 Å². The topological polar surface area (TPSA) is 273 Å². The molecule has 0 aliphatic carbocycles. The van der Waals surface area contributed by atoms with E-state index in [0.717, 1.165) is 0 Å². The SMILES string of the molecule is CC(O)C(NC(=O)CNC(=O)C(N)CCC(=O)O)C(=O)NC(CCCN=C(N)N)C(=O)O. The second-order valence-electron chi connectivity index (χ2n) is 6.89. The van der Waals surface area contributed by atoms with Gasteiger partial charge in [0.15, 0.2) is 5.96 Å². The van der Waals surface area contributed by atoms with Gasteiger partial charge >= 0.3 is 11.9 Å². The second kappa shape index (κ2) is 14.5. The summed E-state index contributed by atoms with van der Waals surface area (Å²) in [5.74, 6) is -5.20. The lowest BCUT2D eigenvalue weighted by atomic mass is 10.1. The minimum atomic E-state index is -1.50. The summed E-state index contributed by atoms with van der Waals surface area (Å²) in [5.41, 5.74) is 15.9. The van der Waals surface area contributed by atoms with Crippen LogP contribution in [0.2, 0.25) is 0 Å². The Morgan fingerprint density at radius 2 is 1.62 bits per heavy atom. The van der Waals surface area contributed by atoms with Gasteiger partial charge in [-0.05, 0) is 26.2 Å². The van der Waals surface area contributed by atoms with Crippen LogP contribution in [-0.4, -0.2) is 88.3 Å². The molecule has 0 aromatic carbocycles. The van der Waals surface area contributed by atoms with Crippen molar-refractivity contribution in [2.75, 3.05) is 13.1 Å². The van der Waals surface area contributed by atoms with Crippen molar-refractivity contribution < 1.29 is 39.3 Å². The molecule has 0 rings (SSSR count). The smallest absolute Gasteiger partial charge is 0.326 e. The van der Waals surface area contributed by atoms with Gasteiger partial charge in [-0.1, -0.05) is 0 Å². The first kappa shape index (κ1) is 28.5. The number of carbonyl (C=O) groups excluding carboxylic acids is 3. The van der Waals surface area contributed by atoms with Crippen molar-refractivity contribution in [2.45, 2.75) is 56.8 Å². The molecule has 0 spiro atoms. The number of guanidine groups is 1. The van der Waals surface area contributed by atoms with Crippen molar-refractivity contribution in [2.24, 2.45) is 22.2 Å². The molecular weight excluding hydrogens is 430 g/mol. The Kier molecular flexibility index (Phi) is 13.0. The standard InChI is InChI=1S/C17H31N7O8/c1-8(25)13(15(30)23-10(16(31)32)3-2-6-21-17(19)20)24-11(26)7-22-14(29)9(18)4-5-12(27)28/h8-10,13,25H,2-7,18H2,1H3,(H,22,29)(H,23,30)(H,24,26)(H,27,28)(H,31,32)(H4,19,20,21). The minimum absolute atomic E-state index is 0.0113. The van der Waals surface area contributed by atoms with Crippen LogP contribution in [0.4, 0.5) is 0 Å². The first-order chi connectivity index (χ1) is 14.8. The van der Waals surface area contributed by atoms with Crippen LogP contribution in [0.15, 0.2) is 4.99 Å². The van der Waals surface area contributed by atoms with Gasteiger partial charge < -0.3 is 48.5 Å². The van der Waals surface area contributed by atoms with Crippen LogP contribution in [-0.2, 0) is 24.0 Å². The fourth-order valence-corrected chi connectivity index (χ4v) is 2.36. The normalized spacial score (nSPS) is 14.2. The monoisotopic (exact) mass is 461 g/mol. The fraction of sp³-hybridized carbons (Fsp3) is 0.647. The summed E-state index contributed by atoms with van der Waals surface area (Å²) >= 11 is 0. The lowest BCUT2D eigenvalue weighted by molar-refractivity contribution is -0.143. The Morgan fingerprint density at radius 1 is 1.00 bits per heavy atom. The summed E-state index contributed by atoms with van der Waals surface area (Å²) in [6, 6.07) is -3.97. The number of aliphatic hydroxyl groups excluding tert-OH is 1. The number of hydrogen-bond acceptors (Lipinski definition) is 8. The third kappa shape index (κ3) is 12.3. The third-order valence-corrected chi connectivity index (χ3v) is 4.07.